The zero-order valence-corrected chi connectivity index (χ0v) is 58.1. The largest absolute Gasteiger partial charge is 0.365 e. The zero-order chi connectivity index (χ0) is 68.8. The third kappa shape index (κ3) is 9.48. The monoisotopic (exact) mass is 1340 g/mol. The predicted molar refractivity (Wildman–Crippen MR) is 442 cm³/mol. The number of para-hydroxylation sites is 4. The maximum atomic E-state index is 2.91. The van der Waals surface area contributed by atoms with Gasteiger partial charge in [0, 0.05) is 90.0 Å². The van der Waals surface area contributed by atoms with Crippen LogP contribution in [0.4, 0.5) is 39.8 Å². The standard InChI is InChI=1S/C99H72BN5/c1-7-25-66(26-8-1)72-45-51-91-85(58-72)86-59-73(67-27-9-2-10-28-67)46-52-92(86)102(91)75-48-50-88-94(61-75)105(99-81(70-33-15-5-16-34-70)41-24-42-82(99)71-35-17-6-18-36-71)96-63-78(103-89-43-21-19-37-83(89)84-38-20-22-44-90(84)103)62-95-97(96)100(88)87-49-47-74(101-76-54-64-53-65(56-76)57-77(101)55-64)60-93(87)104(95)98-79(68-29-11-3-12-30-68)39-23-40-80(98)69-31-13-4-14-32-69/h1-52,58-65,76-77H,53-57H2. The summed E-state index contributed by atoms with van der Waals surface area (Å²) in [7, 11) is 0. The van der Waals surface area contributed by atoms with Crippen molar-refractivity contribution in [2.45, 2.75) is 44.2 Å². The van der Waals surface area contributed by atoms with Crippen molar-refractivity contribution in [1.29, 1.82) is 0 Å². The number of hydrogen-bond donors (Lipinski definition) is 0. The summed E-state index contributed by atoms with van der Waals surface area (Å²) in [5.41, 5.74) is 32.9. The second kappa shape index (κ2) is 24.0. The second-order valence-corrected chi connectivity index (χ2v) is 29.9. The Morgan fingerprint density at radius 3 is 1.00 bits per heavy atom. The van der Waals surface area contributed by atoms with Crippen molar-refractivity contribution in [2.24, 2.45) is 11.8 Å². The molecule has 4 bridgehead atoms. The summed E-state index contributed by atoms with van der Waals surface area (Å²) in [5.74, 6) is 1.63. The Balaban J connectivity index is 0.897. The van der Waals surface area contributed by atoms with Crippen LogP contribution in [0.2, 0.25) is 0 Å². The minimum atomic E-state index is -0.218. The molecule has 17 aromatic rings. The van der Waals surface area contributed by atoms with Crippen molar-refractivity contribution in [3.8, 4) is 78.1 Å². The van der Waals surface area contributed by atoms with Gasteiger partial charge in [-0.25, -0.2) is 0 Å². The molecule has 0 radical (unpaired) electrons. The highest BCUT2D eigenvalue weighted by molar-refractivity contribution is 7.00. The molecule has 2 aliphatic carbocycles. The summed E-state index contributed by atoms with van der Waals surface area (Å²) >= 11 is 0. The molecule has 6 heterocycles. The van der Waals surface area contributed by atoms with E-state index >= 15 is 0 Å². The van der Waals surface area contributed by atoms with E-state index < -0.39 is 0 Å². The van der Waals surface area contributed by atoms with Gasteiger partial charge in [0.15, 0.2) is 0 Å². The van der Waals surface area contributed by atoms with Gasteiger partial charge in [0.1, 0.15) is 0 Å². The van der Waals surface area contributed by atoms with Crippen LogP contribution in [0, 0.1) is 11.8 Å². The van der Waals surface area contributed by atoms with Crippen LogP contribution in [0.25, 0.3) is 122 Å². The molecule has 0 amide bonds. The van der Waals surface area contributed by atoms with Gasteiger partial charge in [-0.3, -0.25) is 0 Å². The lowest BCUT2D eigenvalue weighted by atomic mass is 9.33. The van der Waals surface area contributed by atoms with E-state index in [-0.39, 0.29) is 6.71 Å². The Morgan fingerprint density at radius 1 is 0.238 bits per heavy atom. The second-order valence-electron chi connectivity index (χ2n) is 29.9. The third-order valence-corrected chi connectivity index (χ3v) is 24.1. The lowest BCUT2D eigenvalue weighted by molar-refractivity contribution is 0.0900. The van der Waals surface area contributed by atoms with Gasteiger partial charge in [0.25, 0.3) is 6.71 Å². The fourth-order valence-electron chi connectivity index (χ4n) is 19.9. The van der Waals surface area contributed by atoms with Crippen molar-refractivity contribution >= 4 is 107 Å². The number of piperidine rings is 2. The quantitative estimate of drug-likeness (QED) is 0.120. The van der Waals surface area contributed by atoms with E-state index in [1.165, 1.54) is 126 Å². The number of anilines is 7. The average molecular weight is 1340 g/mol. The van der Waals surface area contributed by atoms with E-state index in [1.807, 2.05) is 0 Å². The Kier molecular flexibility index (Phi) is 13.7. The number of nitrogens with zero attached hydrogens (tertiary/aromatic N) is 5. The van der Waals surface area contributed by atoms with Gasteiger partial charge in [-0.05, 0) is 178 Å². The molecule has 6 aliphatic rings. The number of rotatable bonds is 11. The maximum Gasteiger partial charge on any atom is 0.252 e. The van der Waals surface area contributed by atoms with Crippen LogP contribution >= 0.6 is 0 Å². The Bertz CT molecular complexity index is 6010. The smallest absolute Gasteiger partial charge is 0.252 e. The Labute approximate surface area is 612 Å². The highest BCUT2D eigenvalue weighted by atomic mass is 15.2. The molecule has 0 unspecified atom stereocenters. The van der Waals surface area contributed by atoms with Crippen molar-refractivity contribution in [2.75, 3.05) is 14.7 Å². The molecule has 23 rings (SSSR count). The van der Waals surface area contributed by atoms with Crippen LogP contribution in [0.1, 0.15) is 32.1 Å². The van der Waals surface area contributed by atoms with Crippen molar-refractivity contribution < 1.29 is 0 Å². The van der Waals surface area contributed by atoms with Crippen LogP contribution in [0.15, 0.2) is 352 Å². The summed E-state index contributed by atoms with van der Waals surface area (Å²) in [6, 6.07) is 134. The summed E-state index contributed by atoms with van der Waals surface area (Å²) < 4.78 is 5.12. The van der Waals surface area contributed by atoms with Crippen LogP contribution in [-0.2, 0) is 0 Å². The molecule has 0 N–H and O–H groups in total. The molecule has 0 atom stereocenters. The van der Waals surface area contributed by atoms with Gasteiger partial charge < -0.3 is 23.8 Å². The van der Waals surface area contributed by atoms with E-state index in [9.17, 15) is 0 Å². The minimum absolute atomic E-state index is 0.218. The van der Waals surface area contributed by atoms with Gasteiger partial charge >= 0.3 is 0 Å². The lowest BCUT2D eigenvalue weighted by Crippen LogP contribution is -2.62. The number of benzene rings is 15. The number of hydrogen-bond acceptors (Lipinski definition) is 3. The van der Waals surface area contributed by atoms with Crippen molar-refractivity contribution in [3.63, 3.8) is 0 Å². The molecule has 0 spiro atoms. The lowest BCUT2D eigenvalue weighted by Gasteiger charge is -2.57. The van der Waals surface area contributed by atoms with E-state index in [0.29, 0.717) is 12.1 Å². The number of aromatic nitrogens is 2. The van der Waals surface area contributed by atoms with Crippen LogP contribution < -0.4 is 31.1 Å². The SMILES string of the molecule is c1ccc(-c2ccc3c(c2)c2cc(-c4ccccc4)ccc2n3-c2ccc3c(c2)N(c2c(-c4ccccc4)cccc2-c2ccccc2)c2cc(-n4c5ccccc5c5ccccc54)cc4c2B3c2ccc(N3C5CC6CC(C5)CC3C6)cc2N4c2c(-c3ccccc3)cccc2-c2ccccc2)cc1. The van der Waals surface area contributed by atoms with Crippen molar-refractivity contribution in [1.82, 2.24) is 9.13 Å². The third-order valence-electron chi connectivity index (χ3n) is 24.1. The van der Waals surface area contributed by atoms with Gasteiger partial charge in [-0.1, -0.05) is 279 Å². The van der Waals surface area contributed by atoms with E-state index in [2.05, 4.69) is 376 Å². The molecule has 2 saturated heterocycles. The van der Waals surface area contributed by atoms with Crippen LogP contribution in [-0.4, -0.2) is 27.9 Å². The molecule has 4 fully saturated rings. The van der Waals surface area contributed by atoms with Gasteiger partial charge in [-0.15, -0.1) is 0 Å². The Morgan fingerprint density at radius 2 is 0.581 bits per heavy atom. The molecule has 2 aromatic heterocycles. The maximum absolute atomic E-state index is 2.91. The fourth-order valence-corrected chi connectivity index (χ4v) is 19.9. The minimum Gasteiger partial charge on any atom is -0.365 e. The molecule has 5 nitrogen and oxygen atoms in total. The molecular formula is C99H72BN5. The summed E-state index contributed by atoms with van der Waals surface area (Å²) in [6.45, 7) is -0.218. The summed E-state index contributed by atoms with van der Waals surface area (Å²) in [5, 5.41) is 4.87. The molecule has 2 saturated carbocycles. The summed E-state index contributed by atoms with van der Waals surface area (Å²) in [4.78, 5) is 8.40. The van der Waals surface area contributed by atoms with E-state index in [0.717, 1.165) is 96.0 Å². The first-order chi connectivity index (χ1) is 52.1. The first-order valence-electron chi connectivity index (χ1n) is 37.6. The summed E-state index contributed by atoms with van der Waals surface area (Å²) in [6.07, 6.45) is 6.49. The molecular weight excluding hydrogens is 1270 g/mol. The van der Waals surface area contributed by atoms with Crippen LogP contribution in [0.5, 0.6) is 0 Å². The number of fused-ring (bicyclic) bond motifs is 10. The van der Waals surface area contributed by atoms with Gasteiger partial charge in [-0.2, -0.15) is 0 Å². The highest BCUT2D eigenvalue weighted by Gasteiger charge is 2.49. The van der Waals surface area contributed by atoms with Gasteiger partial charge in [0.05, 0.1) is 39.1 Å². The normalized spacial score (nSPS) is 16.9. The van der Waals surface area contributed by atoms with Crippen LogP contribution in [0.3, 0.4) is 0 Å². The van der Waals surface area contributed by atoms with Crippen molar-refractivity contribution in [3.05, 3.63) is 352 Å². The average Bonchev–Trinajstić information content (AvgIpc) is 1.07. The predicted octanol–water partition coefficient (Wildman–Crippen LogP) is 23.7. The first kappa shape index (κ1) is 60.0. The molecule has 6 heteroatoms. The first-order valence-corrected chi connectivity index (χ1v) is 37.6. The fraction of sp³-hybridized carbons (Fsp3) is 0.0909. The molecule has 496 valence electrons. The topological polar surface area (TPSA) is 19.6 Å². The molecule has 4 aliphatic heterocycles. The van der Waals surface area contributed by atoms with E-state index in [1.54, 1.807) is 0 Å². The zero-order valence-electron chi connectivity index (χ0n) is 58.1. The van der Waals surface area contributed by atoms with E-state index in [4.69, 9.17) is 0 Å². The molecule has 15 aromatic carbocycles. The Hall–Kier alpha value is -12.6. The van der Waals surface area contributed by atoms with Gasteiger partial charge in [0.2, 0.25) is 0 Å². The molecule has 105 heavy (non-hydrogen) atoms. The highest BCUT2D eigenvalue weighted by Crippen LogP contribution is 2.56.